The molecule has 0 saturated carbocycles. The molecule has 0 unspecified atom stereocenters. The lowest BCUT2D eigenvalue weighted by Gasteiger charge is -2.34. The summed E-state index contributed by atoms with van der Waals surface area (Å²) in [6.45, 7) is 0. The van der Waals surface area contributed by atoms with Gasteiger partial charge in [-0.05, 0) is 42.5 Å². The van der Waals surface area contributed by atoms with Gasteiger partial charge in [-0.25, -0.2) is 0 Å². The summed E-state index contributed by atoms with van der Waals surface area (Å²) in [6.07, 6.45) is 0. The number of hydrogen-bond donors (Lipinski definition) is 1. The van der Waals surface area contributed by atoms with E-state index in [1.54, 1.807) is 0 Å². The van der Waals surface area contributed by atoms with Crippen molar-refractivity contribution in [3.8, 4) is 0 Å². The van der Waals surface area contributed by atoms with Gasteiger partial charge in [0.2, 0.25) is 0 Å². The Hall–Kier alpha value is -2.26. The molecule has 102 valence electrons. The van der Waals surface area contributed by atoms with Gasteiger partial charge in [0.15, 0.2) is 0 Å². The number of nitrogens with one attached hydrogen (secondary N) is 1. The predicted molar refractivity (Wildman–Crippen MR) is 92.1 cm³/mol. The molecular formula is C18H13BrN2. The highest BCUT2D eigenvalue weighted by Crippen LogP contribution is 2.48. The summed E-state index contributed by atoms with van der Waals surface area (Å²) in [5, 5.41) is 3.51. The minimum atomic E-state index is 1.07. The zero-order valence-electron chi connectivity index (χ0n) is 11.3. The molecule has 3 aromatic rings. The van der Waals surface area contributed by atoms with Gasteiger partial charge in [-0.15, -0.1) is 0 Å². The van der Waals surface area contributed by atoms with Crippen molar-refractivity contribution in [2.75, 3.05) is 10.2 Å². The number of nitrogens with zero attached hydrogens (tertiary/aromatic N) is 1. The van der Waals surface area contributed by atoms with Crippen LogP contribution in [0, 0.1) is 0 Å². The lowest BCUT2D eigenvalue weighted by atomic mass is 10.1. The average molecular weight is 337 g/mol. The van der Waals surface area contributed by atoms with Gasteiger partial charge in [-0.3, -0.25) is 0 Å². The summed E-state index contributed by atoms with van der Waals surface area (Å²) in [7, 11) is 0. The highest BCUT2D eigenvalue weighted by molar-refractivity contribution is 9.10. The van der Waals surface area contributed by atoms with Gasteiger partial charge < -0.3 is 10.2 Å². The number of benzene rings is 3. The lowest BCUT2D eigenvalue weighted by molar-refractivity contribution is 1.25. The van der Waals surface area contributed by atoms with E-state index in [1.807, 2.05) is 6.07 Å². The zero-order chi connectivity index (χ0) is 14.2. The molecule has 4 rings (SSSR count). The minimum absolute atomic E-state index is 1.07. The van der Waals surface area contributed by atoms with E-state index in [1.165, 1.54) is 5.69 Å². The van der Waals surface area contributed by atoms with Crippen LogP contribution in [0.1, 0.15) is 0 Å². The average Bonchev–Trinajstić information content (AvgIpc) is 2.53. The van der Waals surface area contributed by atoms with E-state index in [-0.39, 0.29) is 0 Å². The molecule has 0 bridgehead atoms. The first-order chi connectivity index (χ1) is 10.3. The summed E-state index contributed by atoms with van der Waals surface area (Å²) in [5.41, 5.74) is 5.70. The van der Waals surface area contributed by atoms with E-state index in [9.17, 15) is 0 Å². The molecule has 2 nitrogen and oxygen atoms in total. The van der Waals surface area contributed by atoms with Crippen molar-refractivity contribution < 1.29 is 0 Å². The van der Waals surface area contributed by atoms with Crippen LogP contribution in [-0.4, -0.2) is 0 Å². The minimum Gasteiger partial charge on any atom is -0.352 e. The van der Waals surface area contributed by atoms with Crippen LogP contribution in [0.3, 0.4) is 0 Å². The molecule has 3 heteroatoms. The van der Waals surface area contributed by atoms with E-state index < -0.39 is 0 Å². The Kier molecular flexibility index (Phi) is 2.93. The van der Waals surface area contributed by atoms with Crippen LogP contribution in [0.2, 0.25) is 0 Å². The van der Waals surface area contributed by atoms with Gasteiger partial charge in [0, 0.05) is 10.2 Å². The third-order valence-electron chi connectivity index (χ3n) is 3.63. The second kappa shape index (κ2) is 4.93. The second-order valence-corrected chi connectivity index (χ2v) is 5.89. The van der Waals surface area contributed by atoms with Gasteiger partial charge in [0.05, 0.1) is 22.7 Å². The molecular weight excluding hydrogens is 324 g/mol. The SMILES string of the molecule is Brc1ccc2c(c1)Nc1ccccc1N2c1ccccc1. The third-order valence-corrected chi connectivity index (χ3v) is 4.12. The first-order valence-electron chi connectivity index (χ1n) is 6.84. The molecule has 0 fully saturated rings. The van der Waals surface area contributed by atoms with Gasteiger partial charge in [-0.1, -0.05) is 46.3 Å². The highest BCUT2D eigenvalue weighted by atomic mass is 79.9. The maximum absolute atomic E-state index is 3.55. The van der Waals surface area contributed by atoms with Gasteiger partial charge in [0.25, 0.3) is 0 Å². The van der Waals surface area contributed by atoms with Crippen molar-refractivity contribution in [1.29, 1.82) is 0 Å². The normalized spacial score (nSPS) is 12.3. The fourth-order valence-corrected chi connectivity index (χ4v) is 3.07. The fraction of sp³-hybridized carbons (Fsp3) is 0. The molecule has 1 aliphatic heterocycles. The number of fused-ring (bicyclic) bond motifs is 2. The van der Waals surface area contributed by atoms with Crippen LogP contribution < -0.4 is 10.2 Å². The summed E-state index contributed by atoms with van der Waals surface area (Å²) in [5.74, 6) is 0. The monoisotopic (exact) mass is 336 g/mol. The quantitative estimate of drug-likeness (QED) is 0.460. The number of rotatable bonds is 1. The fourth-order valence-electron chi connectivity index (χ4n) is 2.71. The second-order valence-electron chi connectivity index (χ2n) is 4.97. The summed E-state index contributed by atoms with van der Waals surface area (Å²) in [4.78, 5) is 2.29. The third kappa shape index (κ3) is 2.10. The Balaban J connectivity index is 1.97. The van der Waals surface area contributed by atoms with E-state index in [2.05, 4.69) is 92.9 Å². The predicted octanol–water partition coefficient (Wildman–Crippen LogP) is 5.98. The molecule has 0 saturated heterocycles. The number of anilines is 5. The molecule has 1 heterocycles. The van der Waals surface area contributed by atoms with E-state index in [0.717, 1.165) is 27.2 Å². The molecule has 0 radical (unpaired) electrons. The van der Waals surface area contributed by atoms with Crippen molar-refractivity contribution in [2.24, 2.45) is 0 Å². The maximum atomic E-state index is 3.55. The Bertz CT molecular complexity index is 799. The first-order valence-corrected chi connectivity index (χ1v) is 7.63. The first kappa shape index (κ1) is 12.5. The Labute approximate surface area is 132 Å². The van der Waals surface area contributed by atoms with Gasteiger partial charge in [0.1, 0.15) is 0 Å². The molecule has 1 N–H and O–H groups in total. The van der Waals surface area contributed by atoms with Crippen LogP contribution in [0.5, 0.6) is 0 Å². The Morgan fingerprint density at radius 3 is 2.29 bits per heavy atom. The molecule has 3 aromatic carbocycles. The molecule has 0 atom stereocenters. The van der Waals surface area contributed by atoms with E-state index in [0.29, 0.717) is 0 Å². The number of halogens is 1. The topological polar surface area (TPSA) is 15.3 Å². The van der Waals surface area contributed by atoms with Crippen LogP contribution in [-0.2, 0) is 0 Å². The maximum Gasteiger partial charge on any atom is 0.0698 e. The summed E-state index contributed by atoms with van der Waals surface area (Å²) >= 11 is 3.55. The summed E-state index contributed by atoms with van der Waals surface area (Å²) in [6, 6.07) is 25.1. The standard InChI is InChI=1S/C18H13BrN2/c19-13-10-11-18-16(12-13)20-15-8-4-5-9-17(15)21(18)14-6-2-1-3-7-14/h1-12,20H. The van der Waals surface area contributed by atoms with Crippen LogP contribution in [0.25, 0.3) is 0 Å². The largest absolute Gasteiger partial charge is 0.352 e. The van der Waals surface area contributed by atoms with E-state index in [4.69, 9.17) is 0 Å². The molecule has 0 spiro atoms. The van der Waals surface area contributed by atoms with Crippen molar-refractivity contribution in [1.82, 2.24) is 0 Å². The Morgan fingerprint density at radius 1 is 0.714 bits per heavy atom. The van der Waals surface area contributed by atoms with Crippen LogP contribution >= 0.6 is 15.9 Å². The van der Waals surface area contributed by atoms with Crippen LogP contribution in [0.15, 0.2) is 77.3 Å². The Morgan fingerprint density at radius 2 is 1.43 bits per heavy atom. The van der Waals surface area contributed by atoms with Crippen molar-refractivity contribution in [2.45, 2.75) is 0 Å². The number of para-hydroxylation sites is 3. The zero-order valence-corrected chi connectivity index (χ0v) is 12.8. The van der Waals surface area contributed by atoms with Crippen molar-refractivity contribution in [3.63, 3.8) is 0 Å². The van der Waals surface area contributed by atoms with Gasteiger partial charge >= 0.3 is 0 Å². The molecule has 1 aliphatic rings. The van der Waals surface area contributed by atoms with Gasteiger partial charge in [-0.2, -0.15) is 0 Å². The molecule has 0 aromatic heterocycles. The smallest absolute Gasteiger partial charge is 0.0698 e. The highest BCUT2D eigenvalue weighted by Gasteiger charge is 2.23. The van der Waals surface area contributed by atoms with Crippen molar-refractivity contribution in [3.05, 3.63) is 77.3 Å². The number of hydrogen-bond acceptors (Lipinski definition) is 2. The summed E-state index contributed by atoms with van der Waals surface area (Å²) < 4.78 is 1.07. The van der Waals surface area contributed by atoms with Crippen molar-refractivity contribution >= 4 is 44.4 Å². The van der Waals surface area contributed by atoms with Crippen LogP contribution in [0.4, 0.5) is 28.4 Å². The lowest BCUT2D eigenvalue weighted by Crippen LogP contribution is -2.17. The molecule has 21 heavy (non-hydrogen) atoms. The molecule has 0 aliphatic carbocycles. The molecule has 0 amide bonds. The van der Waals surface area contributed by atoms with E-state index >= 15 is 0 Å².